The van der Waals surface area contributed by atoms with E-state index in [0.29, 0.717) is 5.92 Å². The molecule has 1 amide bonds. The third kappa shape index (κ3) is 3.76. The number of fused-ring (bicyclic) bond motifs is 1. The van der Waals surface area contributed by atoms with E-state index in [1.54, 1.807) is 11.3 Å². The number of aromatic nitrogens is 3. The average molecular weight is 383 g/mol. The Labute approximate surface area is 164 Å². The normalized spacial score (nSPS) is 15.6. The first-order chi connectivity index (χ1) is 13.2. The number of rotatable bonds is 5. The van der Waals surface area contributed by atoms with Gasteiger partial charge in [-0.15, -0.1) is 11.3 Å². The summed E-state index contributed by atoms with van der Waals surface area (Å²) in [5.74, 6) is 1.76. The standard InChI is InChI=1S/C21H26N4OS/c1-3-4-10-24-13-9-22-20(24)16-7-11-25(12-8-16)21(26)17-5-6-19-18(14-17)23-15(2)27-19/h5-6,9,13-14,16H,3-4,7-8,10-12H2,1-2H3. The quantitative estimate of drug-likeness (QED) is 0.647. The molecule has 3 aromatic rings. The van der Waals surface area contributed by atoms with E-state index >= 15 is 0 Å². The number of benzene rings is 1. The fourth-order valence-corrected chi connectivity index (χ4v) is 4.70. The Balaban J connectivity index is 1.42. The highest BCUT2D eigenvalue weighted by Crippen LogP contribution is 2.29. The molecule has 0 aliphatic carbocycles. The highest BCUT2D eigenvalue weighted by Gasteiger charge is 2.27. The van der Waals surface area contributed by atoms with Crippen LogP contribution in [0.1, 0.15) is 59.7 Å². The van der Waals surface area contributed by atoms with Crippen LogP contribution < -0.4 is 0 Å². The molecule has 0 unspecified atom stereocenters. The summed E-state index contributed by atoms with van der Waals surface area (Å²) in [4.78, 5) is 24.0. The Morgan fingerprint density at radius 1 is 1.30 bits per heavy atom. The molecule has 0 N–H and O–H groups in total. The van der Waals surface area contributed by atoms with Crippen LogP contribution in [0.4, 0.5) is 0 Å². The van der Waals surface area contributed by atoms with E-state index in [4.69, 9.17) is 0 Å². The first kappa shape index (κ1) is 18.2. The van der Waals surface area contributed by atoms with E-state index in [9.17, 15) is 4.79 Å². The Morgan fingerprint density at radius 2 is 2.11 bits per heavy atom. The van der Waals surface area contributed by atoms with Gasteiger partial charge in [-0.05, 0) is 44.4 Å². The van der Waals surface area contributed by atoms with Gasteiger partial charge in [0.2, 0.25) is 0 Å². The molecule has 1 fully saturated rings. The van der Waals surface area contributed by atoms with E-state index in [1.165, 1.54) is 18.7 Å². The minimum Gasteiger partial charge on any atom is -0.339 e. The van der Waals surface area contributed by atoms with Crippen LogP contribution in [-0.2, 0) is 6.54 Å². The molecule has 1 aromatic carbocycles. The number of nitrogens with zero attached hydrogens (tertiary/aromatic N) is 4. The summed E-state index contributed by atoms with van der Waals surface area (Å²) >= 11 is 1.67. The molecule has 1 aliphatic heterocycles. The van der Waals surface area contributed by atoms with Crippen molar-refractivity contribution in [1.29, 1.82) is 0 Å². The van der Waals surface area contributed by atoms with E-state index in [-0.39, 0.29) is 5.91 Å². The molecule has 0 saturated carbocycles. The second kappa shape index (κ2) is 7.80. The molecule has 2 aromatic heterocycles. The Bertz CT molecular complexity index is 937. The molecular weight excluding hydrogens is 356 g/mol. The number of carbonyl (C=O) groups is 1. The zero-order valence-electron chi connectivity index (χ0n) is 16.0. The lowest BCUT2D eigenvalue weighted by atomic mass is 9.95. The fraction of sp³-hybridized carbons (Fsp3) is 0.476. The lowest BCUT2D eigenvalue weighted by Crippen LogP contribution is -2.38. The van der Waals surface area contributed by atoms with Gasteiger partial charge in [-0.3, -0.25) is 4.79 Å². The highest BCUT2D eigenvalue weighted by molar-refractivity contribution is 7.18. The summed E-state index contributed by atoms with van der Waals surface area (Å²) in [5.41, 5.74) is 1.67. The molecule has 4 rings (SSSR count). The molecule has 1 saturated heterocycles. The molecule has 0 radical (unpaired) electrons. The van der Waals surface area contributed by atoms with Crippen molar-refractivity contribution >= 4 is 27.5 Å². The summed E-state index contributed by atoms with van der Waals surface area (Å²) < 4.78 is 3.44. The van der Waals surface area contributed by atoms with Crippen molar-refractivity contribution in [3.63, 3.8) is 0 Å². The minimum atomic E-state index is 0.121. The van der Waals surface area contributed by atoms with Crippen LogP contribution >= 0.6 is 11.3 Å². The van der Waals surface area contributed by atoms with Crippen LogP contribution in [0.3, 0.4) is 0 Å². The van der Waals surface area contributed by atoms with Crippen molar-refractivity contribution in [2.75, 3.05) is 13.1 Å². The maximum atomic E-state index is 12.9. The summed E-state index contributed by atoms with van der Waals surface area (Å²) in [5, 5.41) is 1.04. The van der Waals surface area contributed by atoms with Crippen LogP contribution in [0.25, 0.3) is 10.2 Å². The Kier molecular flexibility index (Phi) is 5.25. The van der Waals surface area contributed by atoms with Crippen molar-refractivity contribution in [3.05, 3.63) is 47.0 Å². The predicted molar refractivity (Wildman–Crippen MR) is 109 cm³/mol. The van der Waals surface area contributed by atoms with Crippen LogP contribution in [-0.4, -0.2) is 38.4 Å². The monoisotopic (exact) mass is 382 g/mol. The molecular formula is C21H26N4OS. The van der Waals surface area contributed by atoms with Crippen molar-refractivity contribution in [1.82, 2.24) is 19.4 Å². The largest absolute Gasteiger partial charge is 0.339 e. The average Bonchev–Trinajstić information content (AvgIpc) is 3.30. The number of imidazole rings is 1. The van der Waals surface area contributed by atoms with Gasteiger partial charge in [0, 0.05) is 43.5 Å². The summed E-state index contributed by atoms with van der Waals surface area (Å²) in [7, 11) is 0. The minimum absolute atomic E-state index is 0.121. The first-order valence-electron chi connectivity index (χ1n) is 9.83. The fourth-order valence-electron chi connectivity index (χ4n) is 3.90. The van der Waals surface area contributed by atoms with Gasteiger partial charge in [0.05, 0.1) is 15.2 Å². The van der Waals surface area contributed by atoms with Crippen molar-refractivity contribution < 1.29 is 4.79 Å². The third-order valence-corrected chi connectivity index (χ3v) is 6.34. The van der Waals surface area contributed by atoms with Gasteiger partial charge in [-0.2, -0.15) is 0 Å². The van der Waals surface area contributed by atoms with Gasteiger partial charge in [-0.1, -0.05) is 13.3 Å². The van der Waals surface area contributed by atoms with Crippen LogP contribution in [0, 0.1) is 6.92 Å². The molecule has 1 aliphatic rings. The number of hydrogen-bond acceptors (Lipinski definition) is 4. The molecule has 0 bridgehead atoms. The Morgan fingerprint density at radius 3 is 2.89 bits per heavy atom. The number of aryl methyl sites for hydroxylation is 2. The van der Waals surface area contributed by atoms with E-state index < -0.39 is 0 Å². The zero-order chi connectivity index (χ0) is 18.8. The van der Waals surface area contributed by atoms with Gasteiger partial charge in [0.15, 0.2) is 0 Å². The number of amides is 1. The van der Waals surface area contributed by atoms with Crippen molar-refractivity contribution in [2.45, 2.75) is 52.0 Å². The molecule has 6 heteroatoms. The van der Waals surface area contributed by atoms with Gasteiger partial charge in [-0.25, -0.2) is 9.97 Å². The third-order valence-electron chi connectivity index (χ3n) is 5.39. The molecule has 142 valence electrons. The van der Waals surface area contributed by atoms with Crippen LogP contribution in [0.15, 0.2) is 30.6 Å². The molecule has 0 atom stereocenters. The Hall–Kier alpha value is -2.21. The number of unbranched alkanes of at least 4 members (excludes halogenated alkanes) is 1. The lowest BCUT2D eigenvalue weighted by molar-refractivity contribution is 0.0710. The van der Waals surface area contributed by atoms with Gasteiger partial charge < -0.3 is 9.47 Å². The van der Waals surface area contributed by atoms with Gasteiger partial charge in [0.25, 0.3) is 5.91 Å². The number of likely N-dealkylation sites (tertiary alicyclic amines) is 1. The second-order valence-electron chi connectivity index (χ2n) is 7.31. The topological polar surface area (TPSA) is 51.0 Å². The zero-order valence-corrected chi connectivity index (χ0v) is 16.8. The number of thiazole rings is 1. The van der Waals surface area contributed by atoms with Crippen molar-refractivity contribution in [2.24, 2.45) is 0 Å². The van der Waals surface area contributed by atoms with Crippen LogP contribution in [0.5, 0.6) is 0 Å². The SMILES string of the molecule is CCCCn1ccnc1C1CCN(C(=O)c2ccc3sc(C)nc3c2)CC1. The number of piperidine rings is 1. The summed E-state index contributed by atoms with van der Waals surface area (Å²) in [6.45, 7) is 6.83. The summed E-state index contributed by atoms with van der Waals surface area (Å²) in [6.07, 6.45) is 8.33. The first-order valence-corrected chi connectivity index (χ1v) is 10.6. The maximum Gasteiger partial charge on any atom is 0.253 e. The molecule has 3 heterocycles. The second-order valence-corrected chi connectivity index (χ2v) is 8.55. The number of carbonyl (C=O) groups excluding carboxylic acids is 1. The molecule has 27 heavy (non-hydrogen) atoms. The van der Waals surface area contributed by atoms with Crippen molar-refractivity contribution in [3.8, 4) is 0 Å². The smallest absolute Gasteiger partial charge is 0.253 e. The lowest BCUT2D eigenvalue weighted by Gasteiger charge is -2.32. The predicted octanol–water partition coefficient (Wildman–Crippen LogP) is 4.62. The highest BCUT2D eigenvalue weighted by atomic mass is 32.1. The molecule has 0 spiro atoms. The maximum absolute atomic E-state index is 12.9. The van der Waals surface area contributed by atoms with E-state index in [1.807, 2.05) is 36.2 Å². The van der Waals surface area contributed by atoms with E-state index in [2.05, 4.69) is 27.7 Å². The van der Waals surface area contributed by atoms with Crippen LogP contribution in [0.2, 0.25) is 0 Å². The molecule has 5 nitrogen and oxygen atoms in total. The summed E-state index contributed by atoms with van der Waals surface area (Å²) in [6, 6.07) is 5.89. The van der Waals surface area contributed by atoms with Gasteiger partial charge in [0.1, 0.15) is 5.82 Å². The van der Waals surface area contributed by atoms with Gasteiger partial charge >= 0.3 is 0 Å². The number of hydrogen-bond donors (Lipinski definition) is 0. The van der Waals surface area contributed by atoms with E-state index in [0.717, 1.165) is 53.3 Å².